The van der Waals surface area contributed by atoms with Gasteiger partial charge in [-0.3, -0.25) is 0 Å². The van der Waals surface area contributed by atoms with Gasteiger partial charge in [0.1, 0.15) is 12.4 Å². The fourth-order valence-electron chi connectivity index (χ4n) is 1.03. The first-order valence-electron chi connectivity index (χ1n) is 4.39. The molecule has 0 spiro atoms. The topological polar surface area (TPSA) is 61.5 Å². The van der Waals surface area contributed by atoms with Gasteiger partial charge in [0, 0.05) is 6.54 Å². The molecule has 0 aliphatic carbocycles. The fraction of sp³-hybridized carbons (Fsp3) is 0.300. The molecule has 6 heteroatoms. The van der Waals surface area contributed by atoms with Crippen LogP contribution in [0.2, 0.25) is 0 Å². The molecule has 4 nitrogen and oxygen atoms in total. The Morgan fingerprint density at radius 2 is 2.19 bits per heavy atom. The highest BCUT2D eigenvalue weighted by Crippen LogP contribution is 2.26. The van der Waals surface area contributed by atoms with Crippen LogP contribution in [0.5, 0.6) is 5.75 Å². The Balaban J connectivity index is 0.00000225. The van der Waals surface area contributed by atoms with E-state index in [0.717, 1.165) is 0 Å². The SMILES string of the molecule is COC(=O)c1ccc(OCCN)c(Br)c1.Cl. The van der Waals surface area contributed by atoms with Gasteiger partial charge < -0.3 is 15.2 Å². The van der Waals surface area contributed by atoms with E-state index < -0.39 is 0 Å². The van der Waals surface area contributed by atoms with E-state index in [1.54, 1.807) is 18.2 Å². The van der Waals surface area contributed by atoms with Gasteiger partial charge in [0.25, 0.3) is 0 Å². The Morgan fingerprint density at radius 1 is 1.50 bits per heavy atom. The summed E-state index contributed by atoms with van der Waals surface area (Å²) in [7, 11) is 1.34. The van der Waals surface area contributed by atoms with Gasteiger partial charge in [0.05, 0.1) is 17.1 Å². The summed E-state index contributed by atoms with van der Waals surface area (Å²) in [6.45, 7) is 0.890. The molecule has 2 N–H and O–H groups in total. The number of methoxy groups -OCH3 is 1. The molecule has 0 aromatic heterocycles. The summed E-state index contributed by atoms with van der Waals surface area (Å²) in [5.41, 5.74) is 5.79. The Morgan fingerprint density at radius 3 is 2.69 bits per heavy atom. The number of halogens is 2. The van der Waals surface area contributed by atoms with Crippen molar-refractivity contribution in [1.29, 1.82) is 0 Å². The first-order valence-corrected chi connectivity index (χ1v) is 5.19. The maximum atomic E-state index is 11.2. The van der Waals surface area contributed by atoms with E-state index in [4.69, 9.17) is 10.5 Å². The molecule has 1 aromatic carbocycles. The highest BCUT2D eigenvalue weighted by molar-refractivity contribution is 9.10. The molecule has 0 aliphatic rings. The van der Waals surface area contributed by atoms with Crippen molar-refractivity contribution in [2.45, 2.75) is 0 Å². The summed E-state index contributed by atoms with van der Waals surface area (Å²) < 4.78 is 10.6. The summed E-state index contributed by atoms with van der Waals surface area (Å²) in [5, 5.41) is 0. The van der Waals surface area contributed by atoms with Crippen molar-refractivity contribution in [3.8, 4) is 5.75 Å². The molecule has 0 bridgehead atoms. The van der Waals surface area contributed by atoms with Crippen LogP contribution >= 0.6 is 28.3 Å². The second kappa shape index (κ2) is 7.49. The summed E-state index contributed by atoms with van der Waals surface area (Å²) in [4.78, 5) is 11.2. The predicted molar refractivity (Wildman–Crippen MR) is 67.3 cm³/mol. The fourth-order valence-corrected chi connectivity index (χ4v) is 1.52. The van der Waals surface area contributed by atoms with Crippen molar-refractivity contribution >= 4 is 34.3 Å². The maximum absolute atomic E-state index is 11.2. The molecule has 0 atom stereocenters. The molecule has 0 amide bonds. The summed E-state index contributed by atoms with van der Waals surface area (Å²) >= 11 is 3.30. The zero-order chi connectivity index (χ0) is 11.3. The number of benzene rings is 1. The number of ether oxygens (including phenoxy) is 2. The van der Waals surface area contributed by atoms with Crippen LogP contribution in [0, 0.1) is 0 Å². The molecule has 0 unspecified atom stereocenters. The van der Waals surface area contributed by atoms with Crippen molar-refractivity contribution in [2.75, 3.05) is 20.3 Å². The van der Waals surface area contributed by atoms with Gasteiger partial charge >= 0.3 is 5.97 Å². The lowest BCUT2D eigenvalue weighted by Crippen LogP contribution is -2.11. The lowest BCUT2D eigenvalue weighted by molar-refractivity contribution is 0.0600. The molecule has 0 saturated heterocycles. The molecule has 0 aliphatic heterocycles. The van der Waals surface area contributed by atoms with Crippen LogP contribution in [-0.4, -0.2) is 26.2 Å². The third-order valence-corrected chi connectivity index (χ3v) is 2.35. The monoisotopic (exact) mass is 309 g/mol. The molecule has 0 fully saturated rings. The number of hydrogen-bond acceptors (Lipinski definition) is 4. The Labute approximate surface area is 109 Å². The number of esters is 1. The normalized spacial score (nSPS) is 9.19. The quantitative estimate of drug-likeness (QED) is 0.864. The van der Waals surface area contributed by atoms with Gasteiger partial charge in [0.2, 0.25) is 0 Å². The molecule has 0 saturated carbocycles. The largest absolute Gasteiger partial charge is 0.491 e. The summed E-state index contributed by atoms with van der Waals surface area (Å²) in [5.74, 6) is 0.286. The molecule has 90 valence electrons. The number of hydrogen-bond donors (Lipinski definition) is 1. The van der Waals surface area contributed by atoms with E-state index in [2.05, 4.69) is 20.7 Å². The van der Waals surface area contributed by atoms with Crippen molar-refractivity contribution in [2.24, 2.45) is 5.73 Å². The number of nitrogens with two attached hydrogens (primary N) is 1. The van der Waals surface area contributed by atoms with Crippen LogP contribution in [0.25, 0.3) is 0 Å². The van der Waals surface area contributed by atoms with Crippen molar-refractivity contribution < 1.29 is 14.3 Å². The predicted octanol–water partition coefficient (Wildman–Crippen LogP) is 1.99. The molecule has 1 aromatic rings. The van der Waals surface area contributed by atoms with Crippen molar-refractivity contribution in [3.05, 3.63) is 28.2 Å². The average Bonchev–Trinajstić information content (AvgIpc) is 2.26. The molecular formula is C10H13BrClNO3. The smallest absolute Gasteiger partial charge is 0.337 e. The van der Waals surface area contributed by atoms with Crippen LogP contribution in [0.1, 0.15) is 10.4 Å². The third kappa shape index (κ3) is 4.00. The van der Waals surface area contributed by atoms with E-state index in [9.17, 15) is 4.79 Å². The zero-order valence-corrected chi connectivity index (χ0v) is 11.1. The van der Waals surface area contributed by atoms with E-state index in [1.165, 1.54) is 7.11 Å². The Bertz CT molecular complexity index is 360. The van der Waals surface area contributed by atoms with E-state index in [1.807, 2.05) is 0 Å². The number of carbonyl (C=O) groups excluding carboxylic acids is 1. The number of rotatable bonds is 4. The third-order valence-electron chi connectivity index (χ3n) is 1.73. The van der Waals surface area contributed by atoms with Crippen LogP contribution < -0.4 is 10.5 Å². The van der Waals surface area contributed by atoms with Crippen LogP contribution in [0.3, 0.4) is 0 Å². The second-order valence-corrected chi connectivity index (χ2v) is 3.63. The number of carbonyl (C=O) groups is 1. The van der Waals surface area contributed by atoms with E-state index >= 15 is 0 Å². The highest BCUT2D eigenvalue weighted by Gasteiger charge is 2.08. The van der Waals surface area contributed by atoms with Gasteiger partial charge in [-0.05, 0) is 34.1 Å². The molecule has 1 rings (SSSR count). The van der Waals surface area contributed by atoms with Crippen molar-refractivity contribution in [1.82, 2.24) is 0 Å². The van der Waals surface area contributed by atoms with Gasteiger partial charge in [-0.15, -0.1) is 12.4 Å². The first kappa shape index (κ1) is 15.2. The van der Waals surface area contributed by atoms with Gasteiger partial charge in [-0.2, -0.15) is 0 Å². The molecule has 16 heavy (non-hydrogen) atoms. The van der Waals surface area contributed by atoms with Gasteiger partial charge in [-0.1, -0.05) is 0 Å². The van der Waals surface area contributed by atoms with E-state index in [0.29, 0.717) is 28.9 Å². The van der Waals surface area contributed by atoms with Gasteiger partial charge in [-0.25, -0.2) is 4.79 Å². The lowest BCUT2D eigenvalue weighted by Gasteiger charge is -2.07. The second-order valence-electron chi connectivity index (χ2n) is 2.77. The van der Waals surface area contributed by atoms with Gasteiger partial charge in [0.15, 0.2) is 0 Å². The first-order chi connectivity index (χ1) is 7.19. The minimum Gasteiger partial charge on any atom is -0.491 e. The van der Waals surface area contributed by atoms with E-state index in [-0.39, 0.29) is 18.4 Å². The highest BCUT2D eigenvalue weighted by atomic mass is 79.9. The minimum absolute atomic E-state index is 0. The Kier molecular flexibility index (Phi) is 7.12. The van der Waals surface area contributed by atoms with Crippen molar-refractivity contribution in [3.63, 3.8) is 0 Å². The minimum atomic E-state index is -0.374. The maximum Gasteiger partial charge on any atom is 0.337 e. The van der Waals surface area contributed by atoms with Crippen LogP contribution in [0.4, 0.5) is 0 Å². The molecular weight excluding hydrogens is 297 g/mol. The molecule has 0 heterocycles. The zero-order valence-electron chi connectivity index (χ0n) is 8.73. The standard InChI is InChI=1S/C10H12BrNO3.ClH/c1-14-10(13)7-2-3-9(8(11)6-7)15-5-4-12;/h2-3,6H,4-5,12H2,1H3;1H. The Hall–Kier alpha value is -0.780. The average molecular weight is 311 g/mol. The summed E-state index contributed by atoms with van der Waals surface area (Å²) in [6.07, 6.45) is 0. The van der Waals surface area contributed by atoms with Crippen LogP contribution in [0.15, 0.2) is 22.7 Å². The molecule has 0 radical (unpaired) electrons. The lowest BCUT2D eigenvalue weighted by atomic mass is 10.2. The van der Waals surface area contributed by atoms with Crippen LogP contribution in [-0.2, 0) is 4.74 Å². The summed E-state index contributed by atoms with van der Waals surface area (Å²) in [6, 6.07) is 4.99.